The van der Waals surface area contributed by atoms with Crippen LogP contribution in [0.25, 0.3) is 0 Å². The monoisotopic (exact) mass is 1850 g/mol. The molecule has 5 fully saturated rings. The molecule has 0 bridgehead atoms. The van der Waals surface area contributed by atoms with Crippen molar-refractivity contribution < 1.29 is 183 Å². The number of rotatable bonds is 65. The number of aliphatic hydroxyl groups is 17. The van der Waals surface area contributed by atoms with Gasteiger partial charge in [0.05, 0.1) is 88.2 Å². The lowest BCUT2D eigenvalue weighted by Crippen LogP contribution is -2.72. The van der Waals surface area contributed by atoms with Gasteiger partial charge in [0.15, 0.2) is 12.6 Å². The number of carbonyl (C=O) groups is 7. The highest BCUT2D eigenvalue weighted by atomic mass is 16.8. The molecule has 5 aliphatic heterocycles. The SMILES string of the molecule is CCCCCCCCCCCCCC=C[C@@H](O)[C@H](CO[C@@H]1O[C@H](CO)[C@@H](O[C@@H]2O[C@H](CO)[C@H](O)[C@H](O[C@]3(C(=O)O)C[C@H](O)[C@@H](NC(C)=O)C([C@H](O)[C@@H](CO)O[C@]4(C(=O)O)C[C@H](O)[C@@H](NC(C)=O)C([C@H](O)[C@@H](CO)O[C@]5(C(=O)O)C[C@H](O)[C@@H](NC(C)=O)C([C@H](O)[C@H](O)CO)O5)O4)O3)[C@H]2O)[C@H](O)[C@H]1O)NC(=O)CCCCCCCCCCCCCCCCCCCCCCC. The second-order valence-corrected chi connectivity index (χ2v) is 35.0. The molecule has 128 heavy (non-hydrogen) atoms. The number of aliphatic hydroxyl groups excluding tert-OH is 17. The fourth-order valence-electron chi connectivity index (χ4n) is 17.2. The minimum absolute atomic E-state index is 0.123. The highest BCUT2D eigenvalue weighted by Crippen LogP contribution is 2.43. The van der Waals surface area contributed by atoms with E-state index in [1.54, 1.807) is 6.08 Å². The molecule has 41 nitrogen and oxygen atoms in total. The number of nitrogens with one attached hydrogen (secondary N) is 4. The lowest BCUT2D eigenvalue weighted by Gasteiger charge is -2.51. The summed E-state index contributed by atoms with van der Waals surface area (Å²) in [6.07, 6.45) is -14.2. The molecule has 5 saturated heterocycles. The third-order valence-electron chi connectivity index (χ3n) is 24.5. The van der Waals surface area contributed by atoms with Gasteiger partial charge in [-0.25, -0.2) is 14.4 Å². The molecule has 744 valence electrons. The molecule has 5 rings (SSSR count). The first-order chi connectivity index (χ1) is 61.0. The number of carbonyl (C=O) groups excluding carboxylic acids is 4. The summed E-state index contributed by atoms with van der Waals surface area (Å²) in [4.78, 5) is 92.3. The zero-order chi connectivity index (χ0) is 94.8. The first kappa shape index (κ1) is 113. The number of ether oxygens (including phenoxy) is 10. The smallest absolute Gasteiger partial charge is 0.364 e. The third kappa shape index (κ3) is 35.0. The van der Waals surface area contributed by atoms with Gasteiger partial charge in [0, 0.05) is 46.5 Å². The van der Waals surface area contributed by atoms with Gasteiger partial charge in [-0.15, -0.1) is 0 Å². The van der Waals surface area contributed by atoms with E-state index < -0.39 is 283 Å². The van der Waals surface area contributed by atoms with Crippen molar-refractivity contribution in [1.29, 1.82) is 0 Å². The van der Waals surface area contributed by atoms with Crippen molar-refractivity contribution in [1.82, 2.24) is 21.3 Å². The molecule has 24 N–H and O–H groups in total. The molecule has 41 heteroatoms. The Bertz CT molecular complexity index is 3210. The maximum atomic E-state index is 13.8. The third-order valence-corrected chi connectivity index (χ3v) is 24.5. The predicted octanol–water partition coefficient (Wildman–Crippen LogP) is -0.146. The van der Waals surface area contributed by atoms with Crippen molar-refractivity contribution in [3.63, 3.8) is 0 Å². The van der Waals surface area contributed by atoms with E-state index in [1.165, 1.54) is 141 Å². The lowest BCUT2D eigenvalue weighted by molar-refractivity contribution is -0.388. The summed E-state index contributed by atoms with van der Waals surface area (Å²) in [6, 6.07) is -7.03. The molecule has 0 aromatic rings. The van der Waals surface area contributed by atoms with E-state index in [9.17, 15) is 136 Å². The number of amides is 4. The number of hydrogen-bond acceptors (Lipinski definition) is 34. The molecule has 0 aromatic heterocycles. The van der Waals surface area contributed by atoms with Gasteiger partial charge in [0.1, 0.15) is 104 Å². The second kappa shape index (κ2) is 59.0. The molecule has 30 atom stereocenters. The highest BCUT2D eigenvalue weighted by Gasteiger charge is 2.64. The van der Waals surface area contributed by atoms with Crippen molar-refractivity contribution in [2.45, 2.75) is 454 Å². The first-order valence-corrected chi connectivity index (χ1v) is 46.3. The van der Waals surface area contributed by atoms with Crippen LogP contribution < -0.4 is 21.3 Å². The molecule has 5 heterocycles. The summed E-state index contributed by atoms with van der Waals surface area (Å²) in [5.41, 5.74) is 0. The van der Waals surface area contributed by atoms with Gasteiger partial charge in [0.2, 0.25) is 23.6 Å². The van der Waals surface area contributed by atoms with E-state index in [0.717, 1.165) is 85.0 Å². The summed E-state index contributed by atoms with van der Waals surface area (Å²) >= 11 is 0. The minimum Gasteiger partial charge on any atom is -0.477 e. The number of carboxylic acid groups (broad SMARTS) is 3. The summed E-state index contributed by atoms with van der Waals surface area (Å²) in [6.45, 7) is -0.0443. The van der Waals surface area contributed by atoms with E-state index in [-0.39, 0.29) is 6.42 Å². The zero-order valence-electron chi connectivity index (χ0n) is 75.0. The van der Waals surface area contributed by atoms with Crippen LogP contribution in [0, 0.1) is 0 Å². The van der Waals surface area contributed by atoms with Crippen LogP contribution in [0.4, 0.5) is 0 Å². The Morgan fingerprint density at radius 3 is 1.15 bits per heavy atom. The summed E-state index contributed by atoms with van der Waals surface area (Å²) in [7, 11) is 0. The molecule has 0 saturated carbocycles. The van der Waals surface area contributed by atoms with Crippen LogP contribution in [-0.4, -0.2) is 366 Å². The fourth-order valence-corrected chi connectivity index (χ4v) is 17.2. The van der Waals surface area contributed by atoms with E-state index in [0.29, 0.717) is 12.8 Å². The Kier molecular flexibility index (Phi) is 52.3. The average molecular weight is 1850 g/mol. The van der Waals surface area contributed by atoms with Gasteiger partial charge in [-0.1, -0.05) is 219 Å². The number of carboxylic acids is 3. The van der Waals surface area contributed by atoms with Gasteiger partial charge in [-0.2, -0.15) is 0 Å². The Morgan fingerprint density at radius 1 is 0.422 bits per heavy atom. The molecule has 0 aromatic carbocycles. The highest BCUT2D eigenvalue weighted by molar-refractivity contribution is 5.79. The van der Waals surface area contributed by atoms with E-state index in [2.05, 4.69) is 35.1 Å². The van der Waals surface area contributed by atoms with Crippen LogP contribution in [-0.2, 0) is 80.9 Å². The summed E-state index contributed by atoms with van der Waals surface area (Å²) in [5.74, 6) is -20.6. The molecule has 4 amide bonds. The van der Waals surface area contributed by atoms with Crippen molar-refractivity contribution >= 4 is 41.5 Å². The van der Waals surface area contributed by atoms with E-state index >= 15 is 0 Å². The Balaban J connectivity index is 1.31. The molecular weight excluding hydrogens is 1690 g/mol. The number of hydrogen-bond donors (Lipinski definition) is 24. The number of allylic oxidation sites excluding steroid dienone is 1. The Morgan fingerprint density at radius 2 is 0.781 bits per heavy atom. The molecule has 3 unspecified atom stereocenters. The van der Waals surface area contributed by atoms with Gasteiger partial charge in [-0.05, 0) is 19.3 Å². The maximum Gasteiger partial charge on any atom is 0.364 e. The number of unbranched alkanes of at least 4 members (excludes halogenated alkanes) is 31. The van der Waals surface area contributed by atoms with Crippen LogP contribution in [0.15, 0.2) is 12.2 Å². The molecule has 0 radical (unpaired) electrons. The van der Waals surface area contributed by atoms with Crippen LogP contribution >= 0.6 is 0 Å². The zero-order valence-corrected chi connectivity index (χ0v) is 75.0. The Labute approximate surface area is 749 Å². The van der Waals surface area contributed by atoms with Crippen LogP contribution in [0.5, 0.6) is 0 Å². The predicted molar refractivity (Wildman–Crippen MR) is 452 cm³/mol. The van der Waals surface area contributed by atoms with Crippen LogP contribution in [0.1, 0.15) is 272 Å². The standard InChI is InChI=1S/C87H154N4O37/c1-6-8-10-12-14-16-18-20-21-22-23-24-25-26-27-29-31-33-35-37-39-41-64(105)91-54(55(100)40-38-36-34-32-30-28-19-17-15-13-11-9-7-2)50-119-80-73(111)72(110)75(63(49-96)121-80)122-81-74(112)79(69(107)60(46-93)120-81)128-87(84(117)118)44-58(103)67(90-53(5)99)78(127-87)71(109)62(48-95)124-86(83(115)116)43-57(102)66(89-52(4)98)77(126-86)70(108)61(47-94)123-85(82(113)114)42-56(101)65(88-51(3)97)76(125-85)68(106)59(104)45-92/h38,40,54-63,65-81,92-96,100-104,106-112H,6-37,39,41-50H2,1-5H3,(H,88,97)(H,89,98)(H,90,99)(H,91,105)(H,113,114)(H,115,116)(H,117,118)/t54-,55+,56-,57-,58-,59+,60+,61+,62+,63+,65+,66+,67+,68+,69-,70+,71+,72+,73+,74+,75+,76?,77?,78?,79-,80+,81-,85+,86+,87-/m0/s1. The summed E-state index contributed by atoms with van der Waals surface area (Å²) < 4.78 is 58.3. The molecule has 5 aliphatic rings. The largest absolute Gasteiger partial charge is 0.477 e. The lowest BCUT2D eigenvalue weighted by atomic mass is 9.86. The van der Waals surface area contributed by atoms with Gasteiger partial charge >= 0.3 is 17.9 Å². The van der Waals surface area contributed by atoms with E-state index in [1.807, 2.05) is 0 Å². The normalized spacial score (nSPS) is 31.8. The number of aliphatic carboxylic acids is 3. The van der Waals surface area contributed by atoms with Crippen LogP contribution in [0.3, 0.4) is 0 Å². The van der Waals surface area contributed by atoms with Crippen molar-refractivity contribution in [3.05, 3.63) is 12.2 Å². The quantitative estimate of drug-likeness (QED) is 0.0278. The summed E-state index contributed by atoms with van der Waals surface area (Å²) in [5, 5.41) is 235. The first-order valence-electron chi connectivity index (χ1n) is 46.3. The van der Waals surface area contributed by atoms with Crippen molar-refractivity contribution in [2.75, 3.05) is 39.6 Å². The fraction of sp³-hybridized carbons (Fsp3) is 0.897. The van der Waals surface area contributed by atoms with Gasteiger partial charge in [-0.3, -0.25) is 19.2 Å². The average Bonchev–Trinajstić information content (AvgIpc) is 0.741. The minimum atomic E-state index is -3.58. The van der Waals surface area contributed by atoms with Crippen LogP contribution in [0.2, 0.25) is 0 Å². The van der Waals surface area contributed by atoms with Gasteiger partial charge in [0.25, 0.3) is 17.4 Å². The second-order valence-electron chi connectivity index (χ2n) is 35.0. The van der Waals surface area contributed by atoms with Gasteiger partial charge < -0.3 is 171 Å². The molecular formula is C87H154N4O37. The topological polar surface area (TPSA) is 665 Å². The van der Waals surface area contributed by atoms with E-state index in [4.69, 9.17) is 47.4 Å². The van der Waals surface area contributed by atoms with Crippen molar-refractivity contribution in [3.8, 4) is 0 Å². The van der Waals surface area contributed by atoms with Crippen molar-refractivity contribution in [2.24, 2.45) is 0 Å². The Hall–Kier alpha value is -5.05. The molecule has 0 spiro atoms. The molecule has 0 aliphatic carbocycles. The maximum absolute atomic E-state index is 13.8.